The van der Waals surface area contributed by atoms with Crippen LogP contribution in [0.4, 0.5) is 22.7 Å². The third-order valence-electron chi connectivity index (χ3n) is 5.22. The van der Waals surface area contributed by atoms with Crippen LogP contribution in [0.5, 0.6) is 0 Å². The highest BCUT2D eigenvalue weighted by atomic mass is 16.6. The van der Waals surface area contributed by atoms with Gasteiger partial charge in [-0.05, 0) is 37.3 Å². The van der Waals surface area contributed by atoms with E-state index in [1.807, 2.05) is 0 Å². The predicted octanol–water partition coefficient (Wildman–Crippen LogP) is 4.12. The van der Waals surface area contributed by atoms with Gasteiger partial charge in [-0.3, -0.25) is 29.8 Å². The lowest BCUT2D eigenvalue weighted by atomic mass is 10.1. The van der Waals surface area contributed by atoms with E-state index < -0.39 is 27.2 Å². The van der Waals surface area contributed by atoms with Crippen molar-refractivity contribution in [1.82, 2.24) is 9.38 Å². The van der Waals surface area contributed by atoms with Gasteiger partial charge in [0.25, 0.3) is 23.2 Å². The maximum absolute atomic E-state index is 13.3. The van der Waals surface area contributed by atoms with E-state index in [-0.39, 0.29) is 22.7 Å². The molecule has 0 saturated carbocycles. The minimum atomic E-state index is -0.963. The van der Waals surface area contributed by atoms with Gasteiger partial charge in [0.1, 0.15) is 22.8 Å². The average Bonchev–Trinajstić information content (AvgIpc) is 3.18. The van der Waals surface area contributed by atoms with Crippen molar-refractivity contribution in [3.8, 4) is 0 Å². The second kappa shape index (κ2) is 9.85. The van der Waals surface area contributed by atoms with E-state index >= 15 is 0 Å². The molecule has 12 nitrogen and oxygen atoms in total. The first-order chi connectivity index (χ1) is 17.3. The van der Waals surface area contributed by atoms with Crippen molar-refractivity contribution in [3.05, 3.63) is 110 Å². The number of benzene rings is 2. The lowest BCUT2D eigenvalue weighted by Gasteiger charge is -2.10. The van der Waals surface area contributed by atoms with Crippen LogP contribution in [0.15, 0.2) is 78.5 Å². The molecular weight excluding hydrogens is 468 g/mol. The number of hydrogen-bond donors (Lipinski definition) is 2. The predicted molar refractivity (Wildman–Crippen MR) is 131 cm³/mol. The molecule has 4 rings (SSSR count). The lowest BCUT2D eigenvalue weighted by Crippen LogP contribution is -2.26. The van der Waals surface area contributed by atoms with Crippen molar-refractivity contribution in [2.75, 3.05) is 10.6 Å². The van der Waals surface area contributed by atoms with E-state index in [0.717, 1.165) is 0 Å². The molecule has 0 spiro atoms. The highest BCUT2D eigenvalue weighted by Gasteiger charge is 2.25. The van der Waals surface area contributed by atoms with Gasteiger partial charge in [-0.25, -0.2) is 4.98 Å². The summed E-state index contributed by atoms with van der Waals surface area (Å²) in [5, 5.41) is 27.5. The van der Waals surface area contributed by atoms with Crippen LogP contribution in [0.1, 0.15) is 11.5 Å². The quantitative estimate of drug-likeness (QED) is 0.130. The first-order valence-corrected chi connectivity index (χ1v) is 10.5. The fourth-order valence-electron chi connectivity index (χ4n) is 3.55. The summed E-state index contributed by atoms with van der Waals surface area (Å²) in [7, 11) is 0. The number of pyridine rings is 1. The number of anilines is 2. The monoisotopic (exact) mass is 486 g/mol. The summed E-state index contributed by atoms with van der Waals surface area (Å²) in [5.41, 5.74) is -0.552. The largest absolute Gasteiger partial charge is 0.316 e. The highest BCUT2D eigenvalue weighted by molar-refractivity contribution is 6.29. The molecular formula is C24H18N6O6. The number of aryl methyl sites for hydroxylation is 1. The first kappa shape index (κ1) is 23.8. The smallest absolute Gasteiger partial charge is 0.292 e. The summed E-state index contributed by atoms with van der Waals surface area (Å²) >= 11 is 0. The van der Waals surface area contributed by atoms with Crippen LogP contribution in [0.3, 0.4) is 0 Å². The van der Waals surface area contributed by atoms with Crippen molar-refractivity contribution in [1.29, 1.82) is 0 Å². The number of para-hydroxylation sites is 4. The van der Waals surface area contributed by atoms with Gasteiger partial charge in [-0.2, -0.15) is 0 Å². The summed E-state index contributed by atoms with van der Waals surface area (Å²) in [6.45, 7) is 1.74. The molecule has 180 valence electrons. The SMILES string of the molecule is Cc1nc(C=C(C(=O)Nc2ccccc2[N+](=O)[O-])C(=O)Nc2ccccc2[N+](=O)[O-])c2ccccn12. The van der Waals surface area contributed by atoms with Gasteiger partial charge in [-0.1, -0.05) is 30.3 Å². The number of nitro groups is 2. The fraction of sp³-hybridized carbons (Fsp3) is 0.0417. The van der Waals surface area contributed by atoms with Crippen LogP contribution >= 0.6 is 0 Å². The Hall–Kier alpha value is -5.39. The van der Waals surface area contributed by atoms with Crippen LogP contribution in [0, 0.1) is 27.2 Å². The Morgan fingerprint density at radius 1 is 0.833 bits per heavy atom. The standard InChI is InChI=1S/C24H18N6O6/c1-15-25-19(20-10-6-7-13-28(15)20)14-16(23(31)26-17-8-2-4-11-21(17)29(33)34)24(32)27-18-9-3-5-12-22(18)30(35)36/h2-14H,1H3,(H,26,31)(H,27,32). The molecule has 2 aromatic carbocycles. The number of nitrogens with one attached hydrogen (secondary N) is 2. The average molecular weight is 486 g/mol. The Kier molecular flexibility index (Phi) is 6.50. The molecule has 0 aliphatic carbocycles. The zero-order valence-corrected chi connectivity index (χ0v) is 18.7. The molecule has 0 fully saturated rings. The van der Waals surface area contributed by atoms with Crippen LogP contribution in [-0.4, -0.2) is 31.0 Å². The van der Waals surface area contributed by atoms with E-state index in [1.165, 1.54) is 54.6 Å². The van der Waals surface area contributed by atoms with E-state index in [0.29, 0.717) is 17.0 Å². The molecule has 0 aliphatic heterocycles. The Balaban J connectivity index is 1.78. The molecule has 0 aliphatic rings. The maximum atomic E-state index is 13.3. The zero-order valence-electron chi connectivity index (χ0n) is 18.7. The zero-order chi connectivity index (χ0) is 25.8. The third-order valence-corrected chi connectivity index (χ3v) is 5.22. The fourth-order valence-corrected chi connectivity index (χ4v) is 3.55. The van der Waals surface area contributed by atoms with Crippen molar-refractivity contribution in [2.45, 2.75) is 6.92 Å². The second-order valence-corrected chi connectivity index (χ2v) is 7.51. The molecule has 0 unspecified atom stereocenters. The summed E-state index contributed by atoms with van der Waals surface area (Å²) in [6, 6.07) is 16.2. The summed E-state index contributed by atoms with van der Waals surface area (Å²) in [5.74, 6) is -1.33. The molecule has 0 saturated heterocycles. The third kappa shape index (κ3) is 4.77. The van der Waals surface area contributed by atoms with Gasteiger partial charge in [0.15, 0.2) is 0 Å². The minimum absolute atomic E-state index is 0.122. The summed E-state index contributed by atoms with van der Waals surface area (Å²) in [4.78, 5) is 52.3. The lowest BCUT2D eigenvalue weighted by molar-refractivity contribution is -0.384. The number of aromatic nitrogens is 2. The summed E-state index contributed by atoms with van der Waals surface area (Å²) < 4.78 is 1.75. The number of nitro benzene ring substituents is 2. The van der Waals surface area contributed by atoms with Gasteiger partial charge < -0.3 is 15.0 Å². The number of imidazole rings is 1. The van der Waals surface area contributed by atoms with Crippen LogP contribution in [-0.2, 0) is 9.59 Å². The number of carbonyl (C=O) groups excluding carboxylic acids is 2. The van der Waals surface area contributed by atoms with Gasteiger partial charge >= 0.3 is 0 Å². The minimum Gasteiger partial charge on any atom is -0.316 e. The number of nitrogens with zero attached hydrogens (tertiary/aromatic N) is 4. The van der Waals surface area contributed by atoms with Gasteiger partial charge in [-0.15, -0.1) is 0 Å². The molecule has 36 heavy (non-hydrogen) atoms. The Bertz CT molecular complexity index is 1480. The molecule has 2 aromatic heterocycles. The topological polar surface area (TPSA) is 162 Å². The second-order valence-electron chi connectivity index (χ2n) is 7.51. The Labute approximate surface area is 203 Å². The molecule has 2 heterocycles. The van der Waals surface area contributed by atoms with Crippen molar-refractivity contribution in [3.63, 3.8) is 0 Å². The first-order valence-electron chi connectivity index (χ1n) is 10.5. The van der Waals surface area contributed by atoms with E-state index in [9.17, 15) is 29.8 Å². The molecule has 2 amide bonds. The molecule has 0 radical (unpaired) electrons. The van der Waals surface area contributed by atoms with Crippen LogP contribution in [0.25, 0.3) is 11.6 Å². The highest BCUT2D eigenvalue weighted by Crippen LogP contribution is 2.27. The number of hydrogen-bond acceptors (Lipinski definition) is 7. The number of amides is 2. The maximum Gasteiger partial charge on any atom is 0.292 e. The number of rotatable bonds is 7. The summed E-state index contributed by atoms with van der Waals surface area (Å²) in [6.07, 6.45) is 2.99. The number of fused-ring (bicyclic) bond motifs is 1. The number of carbonyl (C=O) groups is 2. The Morgan fingerprint density at radius 3 is 1.86 bits per heavy atom. The van der Waals surface area contributed by atoms with Crippen molar-refractivity contribution >= 4 is 46.2 Å². The van der Waals surface area contributed by atoms with Crippen molar-refractivity contribution in [2.24, 2.45) is 0 Å². The Morgan fingerprint density at radius 2 is 1.33 bits per heavy atom. The van der Waals surface area contributed by atoms with Gasteiger partial charge in [0.2, 0.25) is 0 Å². The van der Waals surface area contributed by atoms with Gasteiger partial charge in [0, 0.05) is 18.3 Å². The van der Waals surface area contributed by atoms with E-state index in [2.05, 4.69) is 15.6 Å². The van der Waals surface area contributed by atoms with Crippen LogP contribution in [0.2, 0.25) is 0 Å². The van der Waals surface area contributed by atoms with Crippen molar-refractivity contribution < 1.29 is 19.4 Å². The normalized spacial score (nSPS) is 10.5. The molecule has 0 atom stereocenters. The van der Waals surface area contributed by atoms with Gasteiger partial charge in [0.05, 0.1) is 21.1 Å². The molecule has 2 N–H and O–H groups in total. The van der Waals surface area contributed by atoms with Crippen LogP contribution < -0.4 is 10.6 Å². The van der Waals surface area contributed by atoms with E-state index in [1.54, 1.807) is 35.7 Å². The molecule has 0 bridgehead atoms. The van der Waals surface area contributed by atoms with E-state index in [4.69, 9.17) is 0 Å². The molecule has 4 aromatic rings. The molecule has 12 heteroatoms.